The van der Waals surface area contributed by atoms with Crippen molar-refractivity contribution in [3.05, 3.63) is 23.8 Å². The molecule has 19 heavy (non-hydrogen) atoms. The number of aliphatic hydroxyl groups is 1. The van der Waals surface area contributed by atoms with Crippen LogP contribution < -0.4 is 9.47 Å². The van der Waals surface area contributed by atoms with E-state index in [9.17, 15) is 9.90 Å². The highest BCUT2D eigenvalue weighted by atomic mass is 16.7. The molecule has 2 aliphatic rings. The minimum atomic E-state index is -0.831. The molecule has 1 aromatic carbocycles. The number of hydrogen-bond donors (Lipinski definition) is 1. The molecule has 1 heterocycles. The highest BCUT2D eigenvalue weighted by Gasteiger charge is 2.49. The Morgan fingerprint density at radius 1 is 1.37 bits per heavy atom. The summed E-state index contributed by atoms with van der Waals surface area (Å²) in [6, 6.07) is 5.48. The van der Waals surface area contributed by atoms with E-state index in [1.54, 1.807) is 0 Å². The van der Waals surface area contributed by atoms with Gasteiger partial charge in [0.15, 0.2) is 17.3 Å². The maximum absolute atomic E-state index is 12.1. The summed E-state index contributed by atoms with van der Waals surface area (Å²) in [4.78, 5) is 12.1. The van der Waals surface area contributed by atoms with E-state index in [2.05, 4.69) is 0 Å². The molecular weight excluding hydrogens is 244 g/mol. The second-order valence-electron chi connectivity index (χ2n) is 5.45. The summed E-state index contributed by atoms with van der Waals surface area (Å²) in [5.74, 6) is 1.29. The average molecular weight is 262 g/mol. The van der Waals surface area contributed by atoms with Crippen LogP contribution in [-0.4, -0.2) is 23.8 Å². The number of fused-ring (bicyclic) bond motifs is 1. The molecule has 1 atom stereocenters. The molecule has 1 aromatic rings. The van der Waals surface area contributed by atoms with Gasteiger partial charge < -0.3 is 14.6 Å². The molecule has 1 aliphatic carbocycles. The Kier molecular flexibility index (Phi) is 2.97. The molecule has 3 rings (SSSR count). The third-order valence-electron chi connectivity index (χ3n) is 4.30. The summed E-state index contributed by atoms with van der Waals surface area (Å²) in [7, 11) is 0. The van der Waals surface area contributed by atoms with Crippen LogP contribution in [0.25, 0.3) is 0 Å². The molecule has 0 amide bonds. The van der Waals surface area contributed by atoms with Crippen molar-refractivity contribution in [2.24, 2.45) is 5.41 Å². The van der Waals surface area contributed by atoms with E-state index < -0.39 is 6.10 Å². The molecular formula is C15H18O4. The Morgan fingerprint density at radius 3 is 2.79 bits per heavy atom. The van der Waals surface area contributed by atoms with Gasteiger partial charge >= 0.3 is 0 Å². The van der Waals surface area contributed by atoms with E-state index in [4.69, 9.17) is 9.47 Å². The van der Waals surface area contributed by atoms with Crippen molar-refractivity contribution in [1.82, 2.24) is 0 Å². The number of Topliss-reactive ketones (excluding diaryl/α,β-unsaturated/α-hetero) is 1. The highest BCUT2D eigenvalue weighted by molar-refractivity contribution is 5.86. The number of carbonyl (C=O) groups excluding carboxylic acids is 1. The summed E-state index contributed by atoms with van der Waals surface area (Å²) in [6.07, 6.45) is 2.19. The van der Waals surface area contributed by atoms with E-state index in [1.165, 1.54) is 0 Å². The molecule has 1 unspecified atom stereocenters. The lowest BCUT2D eigenvalue weighted by atomic mass is 9.90. The van der Waals surface area contributed by atoms with Crippen LogP contribution in [0.1, 0.15) is 31.7 Å². The number of benzene rings is 1. The summed E-state index contributed by atoms with van der Waals surface area (Å²) >= 11 is 0. The molecule has 0 spiro atoms. The van der Waals surface area contributed by atoms with Crippen LogP contribution in [0, 0.1) is 5.41 Å². The second kappa shape index (κ2) is 4.53. The first-order valence-electron chi connectivity index (χ1n) is 6.74. The van der Waals surface area contributed by atoms with Gasteiger partial charge in [0, 0.05) is 11.8 Å². The van der Waals surface area contributed by atoms with Gasteiger partial charge in [0.05, 0.1) is 0 Å². The molecule has 102 valence electrons. The van der Waals surface area contributed by atoms with Gasteiger partial charge in [0.25, 0.3) is 0 Å². The van der Waals surface area contributed by atoms with Crippen LogP contribution >= 0.6 is 0 Å². The first kappa shape index (κ1) is 12.5. The predicted octanol–water partition coefficient (Wildman–Crippen LogP) is 2.08. The molecule has 4 nitrogen and oxygen atoms in total. The van der Waals surface area contributed by atoms with Gasteiger partial charge in [-0.3, -0.25) is 4.79 Å². The normalized spacial score (nSPS) is 20.1. The minimum absolute atomic E-state index is 0.0989. The molecule has 1 N–H and O–H groups in total. The van der Waals surface area contributed by atoms with E-state index in [0.717, 1.165) is 24.8 Å². The van der Waals surface area contributed by atoms with E-state index in [1.807, 2.05) is 25.1 Å². The lowest BCUT2D eigenvalue weighted by Crippen LogP contribution is -2.31. The summed E-state index contributed by atoms with van der Waals surface area (Å²) in [5, 5.41) is 10.2. The Morgan fingerprint density at radius 2 is 2.11 bits per heavy atom. The van der Waals surface area contributed by atoms with E-state index in [-0.39, 0.29) is 24.4 Å². The van der Waals surface area contributed by atoms with Crippen molar-refractivity contribution in [2.75, 3.05) is 6.79 Å². The summed E-state index contributed by atoms with van der Waals surface area (Å²) in [5.41, 5.74) is 0.716. The first-order chi connectivity index (χ1) is 9.14. The van der Waals surface area contributed by atoms with Crippen LogP contribution in [0.3, 0.4) is 0 Å². The van der Waals surface area contributed by atoms with Crippen LogP contribution in [-0.2, 0) is 11.2 Å². The van der Waals surface area contributed by atoms with Crippen LogP contribution in [0.5, 0.6) is 11.5 Å². The van der Waals surface area contributed by atoms with Crippen LogP contribution in [0.4, 0.5) is 0 Å². The maximum atomic E-state index is 12.1. The number of carbonyl (C=O) groups is 1. The minimum Gasteiger partial charge on any atom is -0.454 e. The molecule has 0 saturated heterocycles. The van der Waals surface area contributed by atoms with Gasteiger partial charge in [-0.1, -0.05) is 13.0 Å². The Hall–Kier alpha value is -1.55. The van der Waals surface area contributed by atoms with Crippen molar-refractivity contribution < 1.29 is 19.4 Å². The van der Waals surface area contributed by atoms with E-state index in [0.29, 0.717) is 11.5 Å². The molecule has 1 saturated carbocycles. The SMILES string of the molecule is CCC1(C(O)C(=O)Cc2ccc3c(c2)OCO3)CC1. The second-order valence-corrected chi connectivity index (χ2v) is 5.45. The summed E-state index contributed by atoms with van der Waals surface area (Å²) in [6.45, 7) is 2.26. The molecule has 0 aromatic heterocycles. The first-order valence-corrected chi connectivity index (χ1v) is 6.74. The lowest BCUT2D eigenvalue weighted by molar-refractivity contribution is -0.130. The molecule has 1 fully saturated rings. The Labute approximate surface area is 112 Å². The smallest absolute Gasteiger partial charge is 0.231 e. The zero-order valence-electron chi connectivity index (χ0n) is 11.0. The van der Waals surface area contributed by atoms with Crippen molar-refractivity contribution in [1.29, 1.82) is 0 Å². The van der Waals surface area contributed by atoms with Gasteiger partial charge in [-0.25, -0.2) is 0 Å². The zero-order valence-corrected chi connectivity index (χ0v) is 11.0. The van der Waals surface area contributed by atoms with Crippen molar-refractivity contribution >= 4 is 5.78 Å². The highest BCUT2D eigenvalue weighted by Crippen LogP contribution is 2.52. The van der Waals surface area contributed by atoms with E-state index >= 15 is 0 Å². The lowest BCUT2D eigenvalue weighted by Gasteiger charge is -2.19. The van der Waals surface area contributed by atoms with Gasteiger partial charge in [-0.2, -0.15) is 0 Å². The van der Waals surface area contributed by atoms with Gasteiger partial charge in [0.2, 0.25) is 6.79 Å². The third kappa shape index (κ3) is 2.21. The third-order valence-corrected chi connectivity index (χ3v) is 4.30. The molecule has 0 radical (unpaired) electrons. The number of aliphatic hydroxyl groups excluding tert-OH is 1. The summed E-state index contributed by atoms with van der Waals surface area (Å²) < 4.78 is 10.5. The largest absolute Gasteiger partial charge is 0.454 e. The van der Waals surface area contributed by atoms with Crippen molar-refractivity contribution in [2.45, 2.75) is 38.7 Å². The fourth-order valence-electron chi connectivity index (χ4n) is 2.67. The monoisotopic (exact) mass is 262 g/mol. The number of ether oxygens (including phenoxy) is 2. The quantitative estimate of drug-likeness (QED) is 0.882. The van der Waals surface area contributed by atoms with Gasteiger partial charge in [0.1, 0.15) is 6.10 Å². The molecule has 4 heteroatoms. The molecule has 1 aliphatic heterocycles. The number of hydrogen-bond acceptors (Lipinski definition) is 4. The Bertz CT molecular complexity index is 505. The fraction of sp³-hybridized carbons (Fsp3) is 0.533. The fourth-order valence-corrected chi connectivity index (χ4v) is 2.67. The number of ketones is 1. The molecule has 0 bridgehead atoms. The van der Waals surface area contributed by atoms with Crippen molar-refractivity contribution in [3.63, 3.8) is 0 Å². The average Bonchev–Trinajstić information content (AvgIpc) is 3.09. The topological polar surface area (TPSA) is 55.8 Å². The standard InChI is InChI=1S/C15H18O4/c1-2-15(5-6-15)14(17)11(16)7-10-3-4-12-13(8-10)19-9-18-12/h3-4,8,14,17H,2,5-7,9H2,1H3. The number of rotatable bonds is 5. The van der Waals surface area contributed by atoms with Crippen LogP contribution in [0.2, 0.25) is 0 Å². The van der Waals surface area contributed by atoms with Gasteiger partial charge in [-0.15, -0.1) is 0 Å². The zero-order chi connectivity index (χ0) is 13.5. The predicted molar refractivity (Wildman–Crippen MR) is 69.2 cm³/mol. The Balaban J connectivity index is 1.69. The van der Waals surface area contributed by atoms with Gasteiger partial charge in [-0.05, 0) is 37.0 Å². The van der Waals surface area contributed by atoms with Crippen LogP contribution in [0.15, 0.2) is 18.2 Å². The van der Waals surface area contributed by atoms with Crippen molar-refractivity contribution in [3.8, 4) is 11.5 Å². The maximum Gasteiger partial charge on any atom is 0.231 e.